The van der Waals surface area contributed by atoms with E-state index in [-0.39, 0.29) is 6.10 Å². The van der Waals surface area contributed by atoms with E-state index in [4.69, 9.17) is 0 Å². The second-order valence-electron chi connectivity index (χ2n) is 4.73. The van der Waals surface area contributed by atoms with E-state index in [0.717, 1.165) is 57.8 Å². The third kappa shape index (κ3) is 8.93. The third-order valence-electron chi connectivity index (χ3n) is 3.07. The summed E-state index contributed by atoms with van der Waals surface area (Å²) in [6.45, 7) is 0. The molecule has 0 bridgehead atoms. The highest BCUT2D eigenvalue weighted by Crippen LogP contribution is 2.09. The predicted octanol–water partition coefficient (Wildman–Crippen LogP) is 4.54. The van der Waals surface area contributed by atoms with E-state index in [9.17, 15) is 5.11 Å². The fourth-order valence-electron chi connectivity index (χ4n) is 2.00. The first-order valence-corrected chi connectivity index (χ1v) is 7.02. The maximum atomic E-state index is 9.75. The lowest BCUT2D eigenvalue weighted by Crippen LogP contribution is -2.04. The van der Waals surface area contributed by atoms with Crippen molar-refractivity contribution in [2.45, 2.75) is 63.9 Å². The van der Waals surface area contributed by atoms with Crippen LogP contribution in [0.2, 0.25) is 0 Å². The Hall–Kier alpha value is -0.820. The molecule has 1 aliphatic carbocycles. The van der Waals surface area contributed by atoms with Crippen LogP contribution >= 0.6 is 0 Å². The first-order chi connectivity index (χ1) is 8.39. The molecule has 0 aromatic carbocycles. The first kappa shape index (κ1) is 14.2. The predicted molar refractivity (Wildman–Crippen MR) is 75.0 cm³/mol. The highest BCUT2D eigenvalue weighted by molar-refractivity contribution is 4.91. The molecule has 0 aromatic heterocycles. The molecule has 0 heterocycles. The monoisotopic (exact) mass is 234 g/mol. The minimum atomic E-state index is -0.110. The van der Waals surface area contributed by atoms with Crippen molar-refractivity contribution < 1.29 is 5.11 Å². The van der Waals surface area contributed by atoms with Crippen LogP contribution in [0.1, 0.15) is 57.8 Å². The summed E-state index contributed by atoms with van der Waals surface area (Å²) in [6.07, 6.45) is 23.1. The topological polar surface area (TPSA) is 20.2 Å². The number of aliphatic hydroxyl groups excluding tert-OH is 1. The zero-order valence-electron chi connectivity index (χ0n) is 10.9. The minimum absolute atomic E-state index is 0.110. The van der Waals surface area contributed by atoms with Gasteiger partial charge in [-0.15, -0.1) is 0 Å². The maximum Gasteiger partial charge on any atom is 0.0543 e. The number of rotatable bonds is 0. The molecule has 1 heteroatoms. The smallest absolute Gasteiger partial charge is 0.0543 e. The zero-order valence-corrected chi connectivity index (χ0v) is 10.9. The average Bonchev–Trinajstić information content (AvgIpc) is 2.32. The quantitative estimate of drug-likeness (QED) is 0.610. The Kier molecular flexibility index (Phi) is 8.66. The normalized spacial score (nSPS) is 30.5. The van der Waals surface area contributed by atoms with Crippen LogP contribution in [0.4, 0.5) is 0 Å². The van der Waals surface area contributed by atoms with E-state index in [1.54, 1.807) is 0 Å². The maximum absolute atomic E-state index is 9.75. The Balaban J connectivity index is 2.30. The number of aliphatic hydroxyl groups is 1. The van der Waals surface area contributed by atoms with Crippen LogP contribution in [0.15, 0.2) is 36.5 Å². The van der Waals surface area contributed by atoms with Crippen LogP contribution in [0.25, 0.3) is 0 Å². The summed E-state index contributed by atoms with van der Waals surface area (Å²) < 4.78 is 0. The molecule has 0 saturated carbocycles. The van der Waals surface area contributed by atoms with Crippen molar-refractivity contribution in [1.82, 2.24) is 0 Å². The van der Waals surface area contributed by atoms with Gasteiger partial charge in [-0.25, -0.2) is 0 Å². The molecule has 1 nitrogen and oxygen atoms in total. The fraction of sp³-hybridized carbons (Fsp3) is 0.625. The Labute approximate surface area is 106 Å². The van der Waals surface area contributed by atoms with Crippen molar-refractivity contribution in [3.8, 4) is 0 Å². The Bertz CT molecular complexity index is 250. The van der Waals surface area contributed by atoms with E-state index >= 15 is 0 Å². The molecule has 17 heavy (non-hydrogen) atoms. The SMILES string of the molecule is OC1CC/C=C/CC/C=C/CC/C=C\CCC1. The van der Waals surface area contributed by atoms with Crippen molar-refractivity contribution in [1.29, 1.82) is 0 Å². The highest BCUT2D eigenvalue weighted by Gasteiger charge is 2.01. The van der Waals surface area contributed by atoms with Crippen LogP contribution in [0.3, 0.4) is 0 Å². The van der Waals surface area contributed by atoms with Crippen LogP contribution in [-0.4, -0.2) is 11.2 Å². The van der Waals surface area contributed by atoms with E-state index in [0.29, 0.717) is 0 Å². The minimum Gasteiger partial charge on any atom is -0.393 e. The van der Waals surface area contributed by atoms with Gasteiger partial charge in [-0.2, -0.15) is 0 Å². The molecule has 0 aliphatic heterocycles. The Morgan fingerprint density at radius 1 is 0.588 bits per heavy atom. The van der Waals surface area contributed by atoms with E-state index in [2.05, 4.69) is 36.5 Å². The van der Waals surface area contributed by atoms with Gasteiger partial charge in [0.1, 0.15) is 0 Å². The standard InChI is InChI=1S/C16H26O/c17-16-14-12-10-8-6-4-2-1-3-5-7-9-11-13-15-16/h1-2,7-10,16-17H,3-6,11-15H2/b2-1+,9-7-,10-8+. The molecule has 0 saturated heterocycles. The van der Waals surface area contributed by atoms with Gasteiger partial charge in [-0.05, 0) is 57.8 Å². The van der Waals surface area contributed by atoms with Gasteiger partial charge in [0.25, 0.3) is 0 Å². The van der Waals surface area contributed by atoms with E-state index in [1.165, 1.54) is 0 Å². The first-order valence-electron chi connectivity index (χ1n) is 7.02. The lowest BCUT2D eigenvalue weighted by Gasteiger charge is -2.07. The average molecular weight is 234 g/mol. The Morgan fingerprint density at radius 2 is 1.06 bits per heavy atom. The summed E-state index contributed by atoms with van der Waals surface area (Å²) in [5.41, 5.74) is 0. The largest absolute Gasteiger partial charge is 0.393 e. The van der Waals surface area contributed by atoms with Gasteiger partial charge in [0.05, 0.1) is 6.10 Å². The van der Waals surface area contributed by atoms with E-state index in [1.807, 2.05) is 0 Å². The van der Waals surface area contributed by atoms with Crippen LogP contribution in [-0.2, 0) is 0 Å². The van der Waals surface area contributed by atoms with Crippen LogP contribution in [0.5, 0.6) is 0 Å². The van der Waals surface area contributed by atoms with Crippen molar-refractivity contribution in [3.05, 3.63) is 36.5 Å². The molecular formula is C16H26O. The lowest BCUT2D eigenvalue weighted by atomic mass is 10.1. The second-order valence-corrected chi connectivity index (χ2v) is 4.73. The summed E-state index contributed by atoms with van der Waals surface area (Å²) in [5.74, 6) is 0. The molecule has 1 aliphatic rings. The van der Waals surface area contributed by atoms with Crippen molar-refractivity contribution in [2.24, 2.45) is 0 Å². The molecule has 0 fully saturated rings. The van der Waals surface area contributed by atoms with Crippen LogP contribution in [0, 0.1) is 0 Å². The summed E-state index contributed by atoms with van der Waals surface area (Å²) in [7, 11) is 0. The van der Waals surface area contributed by atoms with Crippen molar-refractivity contribution in [2.75, 3.05) is 0 Å². The number of hydrogen-bond donors (Lipinski definition) is 1. The molecule has 1 N–H and O–H groups in total. The zero-order chi connectivity index (χ0) is 12.2. The number of allylic oxidation sites excluding steroid dienone is 6. The van der Waals surface area contributed by atoms with Gasteiger partial charge in [0.15, 0.2) is 0 Å². The molecule has 0 aromatic rings. The van der Waals surface area contributed by atoms with Gasteiger partial charge in [-0.3, -0.25) is 0 Å². The molecule has 96 valence electrons. The van der Waals surface area contributed by atoms with Crippen molar-refractivity contribution in [3.63, 3.8) is 0 Å². The van der Waals surface area contributed by atoms with Crippen molar-refractivity contribution >= 4 is 0 Å². The molecule has 1 unspecified atom stereocenters. The van der Waals surface area contributed by atoms with Gasteiger partial charge >= 0.3 is 0 Å². The fourth-order valence-corrected chi connectivity index (χ4v) is 2.00. The summed E-state index contributed by atoms with van der Waals surface area (Å²) in [4.78, 5) is 0. The molecular weight excluding hydrogens is 208 g/mol. The van der Waals surface area contributed by atoms with E-state index < -0.39 is 0 Å². The number of hydrogen-bond acceptors (Lipinski definition) is 1. The summed E-state index contributed by atoms with van der Waals surface area (Å²) in [6, 6.07) is 0. The van der Waals surface area contributed by atoms with Gasteiger partial charge in [0.2, 0.25) is 0 Å². The molecule has 1 rings (SSSR count). The Morgan fingerprint density at radius 3 is 1.65 bits per heavy atom. The lowest BCUT2D eigenvalue weighted by molar-refractivity contribution is 0.153. The van der Waals surface area contributed by atoms with Gasteiger partial charge in [-0.1, -0.05) is 36.5 Å². The summed E-state index contributed by atoms with van der Waals surface area (Å²) >= 11 is 0. The molecule has 0 amide bonds. The molecule has 0 spiro atoms. The van der Waals surface area contributed by atoms with Crippen LogP contribution < -0.4 is 0 Å². The summed E-state index contributed by atoms with van der Waals surface area (Å²) in [5, 5.41) is 9.75. The highest BCUT2D eigenvalue weighted by atomic mass is 16.3. The molecule has 0 radical (unpaired) electrons. The van der Waals surface area contributed by atoms with Gasteiger partial charge < -0.3 is 5.11 Å². The molecule has 1 atom stereocenters. The second kappa shape index (κ2) is 10.3. The van der Waals surface area contributed by atoms with Gasteiger partial charge in [0, 0.05) is 0 Å². The third-order valence-corrected chi connectivity index (χ3v) is 3.07.